The van der Waals surface area contributed by atoms with Crippen LogP contribution in [0.4, 0.5) is 0 Å². The molecule has 4 saturated carbocycles. The number of allylic oxidation sites excluding steroid dienone is 4. The maximum Gasteiger partial charge on any atom is 0.192 e. The van der Waals surface area contributed by atoms with Crippen molar-refractivity contribution in [1.82, 2.24) is 0 Å². The molecule has 0 bridgehead atoms. The lowest BCUT2D eigenvalue weighted by atomic mass is 9.61. The standard InChI is InChI=1S/C46H82O3Si2/c1-15-16-17-18-19-29-46(30-31-46)42(47)27-22-34(2)39-25-26-40-36(21-20-28-45(39,40)10)23-24-37-32-38(48-50(11,12)43(4,5)6)33-41(35(37)3)49-51(13,14)44(7,8)9/h22-24,27,34,38-42,47H,3,15-21,25-26,28-33H2,1-2,4-14H3/t34-,38-,39-,40+,41+,42+,45-/m1/s1. The molecular formula is C46H82O3Si2. The van der Waals surface area contributed by atoms with Crippen LogP contribution in [0.25, 0.3) is 0 Å². The normalized spacial score (nSPS) is 31.8. The summed E-state index contributed by atoms with van der Waals surface area (Å²) in [6.45, 7) is 35.6. The summed E-state index contributed by atoms with van der Waals surface area (Å²) in [5.41, 5.74) is 4.66. The molecule has 0 unspecified atom stereocenters. The summed E-state index contributed by atoms with van der Waals surface area (Å²) in [6, 6.07) is 0. The largest absolute Gasteiger partial charge is 0.413 e. The average molecular weight is 739 g/mol. The van der Waals surface area contributed by atoms with E-state index >= 15 is 0 Å². The first-order chi connectivity index (χ1) is 23.6. The molecule has 4 rings (SSSR count). The highest BCUT2D eigenvalue weighted by atomic mass is 28.4. The van der Waals surface area contributed by atoms with Gasteiger partial charge in [-0.05, 0) is 134 Å². The van der Waals surface area contributed by atoms with E-state index in [0.29, 0.717) is 23.2 Å². The number of aliphatic hydroxyl groups excluding tert-OH is 1. The molecule has 5 heteroatoms. The third kappa shape index (κ3) is 10.1. The average Bonchev–Trinajstić information content (AvgIpc) is 3.72. The minimum absolute atomic E-state index is 0.0189. The predicted molar refractivity (Wildman–Crippen MR) is 226 cm³/mol. The van der Waals surface area contributed by atoms with Gasteiger partial charge in [-0.1, -0.05) is 131 Å². The number of fused-ring (bicyclic) bond motifs is 1. The van der Waals surface area contributed by atoms with E-state index in [1.54, 1.807) is 5.57 Å². The molecule has 292 valence electrons. The molecule has 7 atom stereocenters. The first kappa shape index (κ1) is 43.0. The fraction of sp³-hybridized carbons (Fsp3) is 0.826. The summed E-state index contributed by atoms with van der Waals surface area (Å²) < 4.78 is 14.2. The van der Waals surface area contributed by atoms with Crippen LogP contribution in [-0.2, 0) is 8.85 Å². The smallest absolute Gasteiger partial charge is 0.192 e. The molecule has 0 aliphatic heterocycles. The molecule has 0 saturated heterocycles. The van der Waals surface area contributed by atoms with Gasteiger partial charge in [0.25, 0.3) is 0 Å². The van der Waals surface area contributed by atoms with Crippen LogP contribution in [0.3, 0.4) is 0 Å². The highest BCUT2D eigenvalue weighted by Gasteiger charge is 2.51. The van der Waals surface area contributed by atoms with Crippen molar-refractivity contribution in [1.29, 1.82) is 0 Å². The molecule has 4 aliphatic carbocycles. The second kappa shape index (κ2) is 16.6. The lowest BCUT2D eigenvalue weighted by molar-refractivity contribution is 0.0969. The third-order valence-electron chi connectivity index (χ3n) is 15.3. The van der Waals surface area contributed by atoms with Gasteiger partial charge >= 0.3 is 0 Å². The zero-order valence-electron chi connectivity index (χ0n) is 35.9. The van der Waals surface area contributed by atoms with Gasteiger partial charge in [0.05, 0.1) is 18.3 Å². The number of aliphatic hydroxyl groups is 1. The number of unbranched alkanes of at least 4 members (excludes halogenated alkanes) is 4. The van der Waals surface area contributed by atoms with Gasteiger partial charge in [0.15, 0.2) is 16.6 Å². The summed E-state index contributed by atoms with van der Waals surface area (Å²) in [4.78, 5) is 0. The highest BCUT2D eigenvalue weighted by molar-refractivity contribution is 6.74. The summed E-state index contributed by atoms with van der Waals surface area (Å²) in [7, 11) is -3.93. The number of hydrogen-bond acceptors (Lipinski definition) is 3. The van der Waals surface area contributed by atoms with Crippen LogP contribution >= 0.6 is 0 Å². The SMILES string of the molecule is C=C1C(=CC=C2CCC[C@]3(C)[C@@H]([C@H](C)C=C[C@H](O)C4(CCCCCCC)CC4)CC[C@@H]23)C[C@@H](O[Si](C)(C)C(C)(C)C)C[C@@H]1O[Si](C)(C)C(C)(C)C. The van der Waals surface area contributed by atoms with E-state index in [9.17, 15) is 5.11 Å². The van der Waals surface area contributed by atoms with E-state index in [2.05, 4.69) is 113 Å². The quantitative estimate of drug-likeness (QED) is 0.103. The predicted octanol–water partition coefficient (Wildman–Crippen LogP) is 13.9. The zero-order valence-corrected chi connectivity index (χ0v) is 37.9. The molecule has 4 aliphatic rings. The van der Waals surface area contributed by atoms with Crippen molar-refractivity contribution in [3.05, 3.63) is 47.6 Å². The summed E-state index contributed by atoms with van der Waals surface area (Å²) in [5, 5.41) is 11.6. The van der Waals surface area contributed by atoms with Crippen LogP contribution in [0.5, 0.6) is 0 Å². The van der Waals surface area contributed by atoms with E-state index < -0.39 is 16.6 Å². The summed E-state index contributed by atoms with van der Waals surface area (Å²) >= 11 is 0. The maximum absolute atomic E-state index is 11.3. The van der Waals surface area contributed by atoms with Gasteiger partial charge in [0.1, 0.15) is 0 Å². The Hall–Kier alpha value is -0.726. The Bertz CT molecular complexity index is 1270. The molecule has 4 fully saturated rings. The van der Waals surface area contributed by atoms with Gasteiger partial charge in [-0.3, -0.25) is 0 Å². The van der Waals surface area contributed by atoms with Crippen molar-refractivity contribution in [3.63, 3.8) is 0 Å². The van der Waals surface area contributed by atoms with E-state index in [1.165, 1.54) is 94.6 Å². The molecule has 0 radical (unpaired) electrons. The monoisotopic (exact) mass is 739 g/mol. The minimum atomic E-state index is -1.99. The molecule has 51 heavy (non-hydrogen) atoms. The van der Waals surface area contributed by atoms with Gasteiger partial charge < -0.3 is 14.0 Å². The van der Waals surface area contributed by atoms with Gasteiger partial charge in [-0.15, -0.1) is 0 Å². The van der Waals surface area contributed by atoms with Gasteiger partial charge in [-0.25, -0.2) is 0 Å². The molecule has 0 amide bonds. The first-order valence-corrected chi connectivity index (χ1v) is 27.2. The first-order valence-electron chi connectivity index (χ1n) is 21.4. The Morgan fingerprint density at radius 2 is 1.51 bits per heavy atom. The Labute approximate surface area is 318 Å². The van der Waals surface area contributed by atoms with Gasteiger partial charge in [-0.2, -0.15) is 0 Å². The number of rotatable bonds is 15. The molecule has 0 aromatic carbocycles. The van der Waals surface area contributed by atoms with Crippen molar-refractivity contribution < 1.29 is 14.0 Å². The van der Waals surface area contributed by atoms with Gasteiger partial charge in [0, 0.05) is 6.42 Å². The van der Waals surface area contributed by atoms with Gasteiger partial charge in [0.2, 0.25) is 0 Å². The van der Waals surface area contributed by atoms with Crippen LogP contribution < -0.4 is 0 Å². The second-order valence-corrected chi connectivity index (χ2v) is 30.6. The Kier molecular flexibility index (Phi) is 14.0. The molecule has 0 aromatic rings. The fourth-order valence-electron chi connectivity index (χ4n) is 9.46. The van der Waals surface area contributed by atoms with Crippen molar-refractivity contribution in [2.45, 2.75) is 213 Å². The summed E-state index contributed by atoms with van der Waals surface area (Å²) in [5.74, 6) is 1.80. The Morgan fingerprint density at radius 1 is 0.882 bits per heavy atom. The molecule has 1 N–H and O–H groups in total. The Morgan fingerprint density at radius 3 is 2.12 bits per heavy atom. The van der Waals surface area contributed by atoms with Crippen LogP contribution in [0.2, 0.25) is 36.3 Å². The maximum atomic E-state index is 11.3. The fourth-order valence-corrected chi connectivity index (χ4v) is 12.1. The van der Waals surface area contributed by atoms with Crippen molar-refractivity contribution in [3.8, 4) is 0 Å². The van der Waals surface area contributed by atoms with Crippen LogP contribution in [-0.4, -0.2) is 40.1 Å². The number of hydrogen-bond donors (Lipinski definition) is 1. The molecule has 0 spiro atoms. The second-order valence-electron chi connectivity index (χ2n) is 21.1. The van der Waals surface area contributed by atoms with E-state index in [-0.39, 0.29) is 33.8 Å². The zero-order chi connectivity index (χ0) is 38.0. The summed E-state index contributed by atoms with van der Waals surface area (Å²) in [6.07, 6.45) is 27.9. The molecular weight excluding hydrogens is 657 g/mol. The third-order valence-corrected chi connectivity index (χ3v) is 24.3. The van der Waals surface area contributed by atoms with Crippen LogP contribution in [0.1, 0.15) is 159 Å². The van der Waals surface area contributed by atoms with E-state index in [1.807, 2.05) is 0 Å². The lowest BCUT2D eigenvalue weighted by Crippen LogP contribution is -2.49. The van der Waals surface area contributed by atoms with E-state index in [0.717, 1.165) is 12.8 Å². The van der Waals surface area contributed by atoms with E-state index in [4.69, 9.17) is 15.4 Å². The van der Waals surface area contributed by atoms with Crippen LogP contribution in [0, 0.1) is 28.6 Å². The molecule has 0 aromatic heterocycles. The Balaban J connectivity index is 1.50. The topological polar surface area (TPSA) is 38.7 Å². The highest BCUT2D eigenvalue weighted by Crippen LogP contribution is 2.60. The minimum Gasteiger partial charge on any atom is -0.413 e. The van der Waals surface area contributed by atoms with Crippen molar-refractivity contribution in [2.75, 3.05) is 0 Å². The van der Waals surface area contributed by atoms with Crippen molar-refractivity contribution in [2.24, 2.45) is 28.6 Å². The lowest BCUT2D eigenvalue weighted by Gasteiger charge is -2.45. The van der Waals surface area contributed by atoms with Crippen LogP contribution in [0.15, 0.2) is 47.6 Å². The van der Waals surface area contributed by atoms with Crippen molar-refractivity contribution >= 4 is 16.6 Å². The molecule has 3 nitrogen and oxygen atoms in total. The molecule has 0 heterocycles.